The first-order valence-electron chi connectivity index (χ1n) is 15.5. The van der Waals surface area contributed by atoms with Crippen LogP contribution in [0.5, 0.6) is 5.75 Å². The highest BCUT2D eigenvalue weighted by molar-refractivity contribution is 7.89. The number of rotatable bonds is 14. The number of nitrogens with zero attached hydrogens (tertiary/aromatic N) is 4. The quantitative estimate of drug-likeness (QED) is 0.220. The number of aromatic amines is 1. The van der Waals surface area contributed by atoms with Crippen molar-refractivity contribution in [3.05, 3.63) is 76.2 Å². The number of morpholine rings is 1. The molecule has 3 heterocycles. The van der Waals surface area contributed by atoms with Crippen LogP contribution < -0.4 is 10.3 Å². The molecule has 0 amide bonds. The van der Waals surface area contributed by atoms with E-state index in [4.69, 9.17) is 9.47 Å². The van der Waals surface area contributed by atoms with E-state index in [-0.39, 0.29) is 17.0 Å². The van der Waals surface area contributed by atoms with Gasteiger partial charge in [-0.3, -0.25) is 14.4 Å². The van der Waals surface area contributed by atoms with Gasteiger partial charge in [0.15, 0.2) is 0 Å². The lowest BCUT2D eigenvalue weighted by Crippen LogP contribution is -2.39. The maximum absolute atomic E-state index is 14.3. The Hall–Kier alpha value is -3.51. The van der Waals surface area contributed by atoms with Crippen LogP contribution in [-0.2, 0) is 34.8 Å². The highest BCUT2D eigenvalue weighted by atomic mass is 32.2. The molecule has 0 radical (unpaired) electrons. The third-order valence-electron chi connectivity index (χ3n) is 7.93. The molecule has 0 spiro atoms. The number of aryl methyl sites for hydroxylation is 2. The Kier molecular flexibility index (Phi) is 10.5. The fraction of sp³-hybridized carbons (Fsp3) is 0.455. The van der Waals surface area contributed by atoms with Crippen molar-refractivity contribution >= 4 is 20.9 Å². The second-order valence-corrected chi connectivity index (χ2v) is 13.2. The first kappa shape index (κ1) is 31.9. The minimum atomic E-state index is -3.91. The number of nitrogens with one attached hydrogen (secondary N) is 1. The lowest BCUT2D eigenvalue weighted by atomic mass is 10.1. The molecule has 0 bridgehead atoms. The van der Waals surface area contributed by atoms with Crippen LogP contribution in [0.2, 0.25) is 0 Å². The van der Waals surface area contributed by atoms with Crippen molar-refractivity contribution in [1.29, 1.82) is 0 Å². The Morgan fingerprint density at radius 2 is 1.82 bits per heavy atom. The lowest BCUT2D eigenvalue weighted by Gasteiger charge is -2.28. The molecule has 2 aromatic carbocycles. The summed E-state index contributed by atoms with van der Waals surface area (Å²) < 4.78 is 43.3. The van der Waals surface area contributed by atoms with Crippen molar-refractivity contribution in [3.8, 4) is 17.0 Å². The van der Waals surface area contributed by atoms with Gasteiger partial charge in [0.1, 0.15) is 11.3 Å². The summed E-state index contributed by atoms with van der Waals surface area (Å²) in [5.41, 5.74) is 2.99. The van der Waals surface area contributed by atoms with Crippen LogP contribution in [0, 0.1) is 0 Å². The number of pyridine rings is 1. The van der Waals surface area contributed by atoms with Crippen molar-refractivity contribution in [2.24, 2.45) is 7.05 Å². The van der Waals surface area contributed by atoms with Crippen LogP contribution >= 0.6 is 0 Å². The number of aromatic nitrogens is 3. The Labute approximate surface area is 259 Å². The zero-order valence-corrected chi connectivity index (χ0v) is 26.7. The highest BCUT2D eigenvalue weighted by Gasteiger charge is 2.27. The van der Waals surface area contributed by atoms with E-state index in [9.17, 15) is 13.2 Å². The number of benzene rings is 2. The second kappa shape index (κ2) is 14.5. The van der Waals surface area contributed by atoms with Crippen molar-refractivity contribution in [3.63, 3.8) is 0 Å². The van der Waals surface area contributed by atoms with Crippen molar-refractivity contribution in [2.75, 3.05) is 46.0 Å². The predicted molar refractivity (Wildman–Crippen MR) is 172 cm³/mol. The molecule has 5 rings (SSSR count). The van der Waals surface area contributed by atoms with Crippen LogP contribution in [0.3, 0.4) is 0 Å². The molecule has 1 fully saturated rings. The standard InChI is InChI=1S/C33H43N5O5S/c1-4-10-29-28-23-30(34-33(39)32(28)36(3)35-29)27-22-26(13-14-31(27)43-19-5-2)44(40,41)38(24-25-11-7-6-8-12-25)16-9-15-37-17-20-42-21-18-37/h6-8,11-14,22-23H,4-5,9-10,15-21,24H2,1-3H3,(H,34,39). The van der Waals surface area contributed by atoms with E-state index in [2.05, 4.69) is 21.9 Å². The van der Waals surface area contributed by atoms with E-state index in [1.807, 2.05) is 43.3 Å². The molecule has 1 saturated heterocycles. The summed E-state index contributed by atoms with van der Waals surface area (Å²) in [6.07, 6.45) is 3.09. The summed E-state index contributed by atoms with van der Waals surface area (Å²) in [6.45, 7) is 9.08. The Balaban J connectivity index is 1.53. The van der Waals surface area contributed by atoms with Crippen LogP contribution in [0.25, 0.3) is 22.2 Å². The average Bonchev–Trinajstić information content (AvgIpc) is 3.35. The molecule has 0 aliphatic carbocycles. The zero-order chi connectivity index (χ0) is 31.1. The van der Waals surface area contributed by atoms with Gasteiger partial charge < -0.3 is 14.5 Å². The highest BCUT2D eigenvalue weighted by Crippen LogP contribution is 2.34. The Morgan fingerprint density at radius 1 is 1.05 bits per heavy atom. The van der Waals surface area contributed by atoms with E-state index >= 15 is 0 Å². The van der Waals surface area contributed by atoms with E-state index in [0.29, 0.717) is 55.3 Å². The van der Waals surface area contributed by atoms with Crippen molar-refractivity contribution in [2.45, 2.75) is 51.0 Å². The molecular weight excluding hydrogens is 578 g/mol. The van der Waals surface area contributed by atoms with Crippen molar-refractivity contribution in [1.82, 2.24) is 24.0 Å². The largest absolute Gasteiger partial charge is 0.493 e. The smallest absolute Gasteiger partial charge is 0.274 e. The molecule has 0 saturated carbocycles. The van der Waals surface area contributed by atoms with Crippen LogP contribution in [0.15, 0.2) is 64.3 Å². The summed E-state index contributed by atoms with van der Waals surface area (Å²) in [7, 11) is -2.15. The summed E-state index contributed by atoms with van der Waals surface area (Å²) in [6, 6.07) is 16.5. The van der Waals surface area contributed by atoms with Gasteiger partial charge in [-0.2, -0.15) is 9.40 Å². The van der Waals surface area contributed by atoms with E-state index in [0.717, 1.165) is 55.5 Å². The third-order valence-corrected chi connectivity index (χ3v) is 9.77. The van der Waals surface area contributed by atoms with Gasteiger partial charge >= 0.3 is 0 Å². The van der Waals surface area contributed by atoms with Crippen LogP contribution in [0.1, 0.15) is 44.4 Å². The molecule has 1 N–H and O–H groups in total. The van der Waals surface area contributed by atoms with E-state index < -0.39 is 10.0 Å². The maximum Gasteiger partial charge on any atom is 0.274 e. The first-order chi connectivity index (χ1) is 21.3. The number of fused-ring (bicyclic) bond motifs is 1. The molecule has 1 aliphatic rings. The average molecular weight is 622 g/mol. The molecule has 11 heteroatoms. The molecule has 0 atom stereocenters. The fourth-order valence-corrected chi connectivity index (χ4v) is 7.17. The second-order valence-electron chi connectivity index (χ2n) is 11.2. The molecule has 44 heavy (non-hydrogen) atoms. The molecule has 1 aliphatic heterocycles. The predicted octanol–water partition coefficient (Wildman–Crippen LogP) is 4.58. The summed E-state index contributed by atoms with van der Waals surface area (Å²) in [5.74, 6) is 0.517. The normalized spacial score (nSPS) is 14.5. The minimum Gasteiger partial charge on any atom is -0.493 e. The number of H-pyrrole nitrogens is 1. The van der Waals surface area contributed by atoms with E-state index in [1.165, 1.54) is 0 Å². The number of ether oxygens (including phenoxy) is 2. The van der Waals surface area contributed by atoms with Crippen molar-refractivity contribution < 1.29 is 17.9 Å². The van der Waals surface area contributed by atoms with Crippen LogP contribution in [0.4, 0.5) is 0 Å². The van der Waals surface area contributed by atoms with Gasteiger partial charge in [0.05, 0.1) is 36.1 Å². The zero-order valence-electron chi connectivity index (χ0n) is 25.9. The van der Waals surface area contributed by atoms with Gasteiger partial charge in [0.2, 0.25) is 10.0 Å². The number of hydrogen-bond donors (Lipinski definition) is 1. The third kappa shape index (κ3) is 7.23. The van der Waals surface area contributed by atoms with Crippen LogP contribution in [-0.4, -0.2) is 78.4 Å². The molecular formula is C33H43N5O5S. The lowest BCUT2D eigenvalue weighted by molar-refractivity contribution is 0.0368. The molecule has 4 aromatic rings. The van der Waals surface area contributed by atoms with Gasteiger partial charge in [-0.15, -0.1) is 0 Å². The van der Waals surface area contributed by atoms with Gasteiger partial charge in [0.25, 0.3) is 5.56 Å². The van der Waals surface area contributed by atoms with Gasteiger partial charge in [-0.05, 0) is 55.6 Å². The van der Waals surface area contributed by atoms with Gasteiger partial charge in [-0.1, -0.05) is 50.6 Å². The SMILES string of the molecule is CCCOc1ccc(S(=O)(=O)N(CCCN2CCOCC2)Cc2ccccc2)cc1-c1cc2c(CCC)nn(C)c2c(=O)[nH]1. The summed E-state index contributed by atoms with van der Waals surface area (Å²) in [5, 5.41) is 5.34. The first-order valence-corrected chi connectivity index (χ1v) is 17.0. The van der Waals surface area contributed by atoms with Gasteiger partial charge in [0, 0.05) is 44.2 Å². The fourth-order valence-electron chi connectivity index (χ4n) is 5.68. The minimum absolute atomic E-state index is 0.152. The molecule has 2 aromatic heterocycles. The van der Waals surface area contributed by atoms with E-state index in [1.54, 1.807) is 34.2 Å². The summed E-state index contributed by atoms with van der Waals surface area (Å²) in [4.78, 5) is 18.7. The molecule has 0 unspecified atom stereocenters. The topological polar surface area (TPSA) is 110 Å². The number of sulfonamides is 1. The number of hydrogen-bond acceptors (Lipinski definition) is 7. The molecule has 10 nitrogen and oxygen atoms in total. The maximum atomic E-state index is 14.3. The molecule has 236 valence electrons. The summed E-state index contributed by atoms with van der Waals surface area (Å²) >= 11 is 0. The van der Waals surface area contributed by atoms with Gasteiger partial charge in [-0.25, -0.2) is 8.42 Å². The Bertz CT molecular complexity index is 1710. The monoisotopic (exact) mass is 621 g/mol. The Morgan fingerprint density at radius 3 is 2.55 bits per heavy atom.